The first-order valence-electron chi connectivity index (χ1n) is 4.96. The van der Waals surface area contributed by atoms with Gasteiger partial charge in [0.1, 0.15) is 5.58 Å². The number of aromatic nitrogens is 2. The fraction of sp³-hybridized carbons (Fsp3) is 0. The van der Waals surface area contributed by atoms with Gasteiger partial charge in [-0.2, -0.15) is 0 Å². The van der Waals surface area contributed by atoms with Crippen molar-refractivity contribution in [3.05, 3.63) is 39.5 Å². The van der Waals surface area contributed by atoms with Crippen molar-refractivity contribution in [2.45, 2.75) is 0 Å². The quantitative estimate of drug-likeness (QED) is 0.740. The van der Waals surface area contributed by atoms with Crippen LogP contribution in [0.1, 0.15) is 0 Å². The Bertz CT molecular complexity index is 796. The first-order valence-corrected chi connectivity index (χ1v) is 6.16. The fourth-order valence-corrected chi connectivity index (χ4v) is 2.30. The van der Waals surface area contributed by atoms with E-state index in [1.807, 2.05) is 0 Å². The lowest BCUT2D eigenvalue weighted by atomic mass is 10.2. The van der Waals surface area contributed by atoms with Crippen LogP contribution in [0.4, 0.5) is 5.13 Å². The van der Waals surface area contributed by atoms with Crippen LogP contribution in [0.25, 0.3) is 21.7 Å². The van der Waals surface area contributed by atoms with Crippen LogP contribution in [0.2, 0.25) is 5.02 Å². The zero-order valence-corrected chi connectivity index (χ0v) is 10.5. The van der Waals surface area contributed by atoms with E-state index in [0.717, 1.165) is 11.3 Å². The van der Waals surface area contributed by atoms with Crippen molar-refractivity contribution in [1.29, 1.82) is 0 Å². The molecule has 0 atom stereocenters. The van der Waals surface area contributed by atoms with Crippen LogP contribution >= 0.6 is 22.9 Å². The van der Waals surface area contributed by atoms with Gasteiger partial charge in [0.15, 0.2) is 16.2 Å². The van der Waals surface area contributed by atoms with Gasteiger partial charge in [-0.3, -0.25) is 4.79 Å². The van der Waals surface area contributed by atoms with Crippen molar-refractivity contribution in [2.75, 3.05) is 5.73 Å². The summed E-state index contributed by atoms with van der Waals surface area (Å²) in [5, 5.41) is 9.24. The number of halogens is 1. The molecule has 0 aliphatic heterocycles. The van der Waals surface area contributed by atoms with E-state index in [0.29, 0.717) is 31.9 Å². The summed E-state index contributed by atoms with van der Waals surface area (Å²) in [4.78, 5) is 11.9. The second-order valence-electron chi connectivity index (χ2n) is 3.56. The van der Waals surface area contributed by atoms with Gasteiger partial charge in [0.2, 0.25) is 5.13 Å². The lowest BCUT2D eigenvalue weighted by Crippen LogP contribution is -2.00. The fourth-order valence-electron chi connectivity index (χ4n) is 1.57. The van der Waals surface area contributed by atoms with E-state index in [2.05, 4.69) is 10.2 Å². The molecule has 1 aromatic carbocycles. The summed E-state index contributed by atoms with van der Waals surface area (Å²) in [6.45, 7) is 0. The van der Waals surface area contributed by atoms with Gasteiger partial charge in [0, 0.05) is 11.1 Å². The van der Waals surface area contributed by atoms with E-state index in [4.69, 9.17) is 21.8 Å². The summed E-state index contributed by atoms with van der Waals surface area (Å²) >= 11 is 6.99. The van der Waals surface area contributed by atoms with E-state index < -0.39 is 0 Å². The normalized spacial score (nSPS) is 10.9. The number of nitrogen functional groups attached to an aromatic ring is 1. The number of hydrogen-bond donors (Lipinski definition) is 1. The molecule has 0 saturated heterocycles. The molecule has 0 saturated carbocycles. The molecule has 2 heterocycles. The smallest absolute Gasteiger partial charge is 0.203 e. The third kappa shape index (κ3) is 1.85. The average molecular weight is 280 g/mol. The van der Waals surface area contributed by atoms with Crippen LogP contribution in [-0.4, -0.2) is 10.2 Å². The van der Waals surface area contributed by atoms with E-state index in [9.17, 15) is 4.79 Å². The zero-order valence-electron chi connectivity index (χ0n) is 8.88. The molecular formula is C11H6ClN3O2S. The SMILES string of the molecule is Nc1nnc(-c2cc(=O)c3cc(Cl)ccc3o2)s1. The third-order valence-corrected chi connectivity index (χ3v) is 3.34. The summed E-state index contributed by atoms with van der Waals surface area (Å²) in [5.41, 5.74) is 5.77. The molecule has 5 nitrogen and oxygen atoms in total. The minimum atomic E-state index is -0.178. The molecule has 0 unspecified atom stereocenters. The Kier molecular flexibility index (Phi) is 2.53. The highest BCUT2D eigenvalue weighted by molar-refractivity contribution is 7.18. The van der Waals surface area contributed by atoms with Gasteiger partial charge in [-0.05, 0) is 18.2 Å². The Labute approximate surface area is 110 Å². The number of benzene rings is 1. The highest BCUT2D eigenvalue weighted by atomic mass is 35.5. The second kappa shape index (κ2) is 4.08. The molecule has 0 fully saturated rings. The number of hydrogen-bond acceptors (Lipinski definition) is 6. The number of nitrogens with zero attached hydrogens (tertiary/aromatic N) is 2. The van der Waals surface area contributed by atoms with Gasteiger partial charge in [-0.25, -0.2) is 0 Å². The third-order valence-electron chi connectivity index (χ3n) is 2.34. The van der Waals surface area contributed by atoms with Crippen LogP contribution in [0.5, 0.6) is 0 Å². The van der Waals surface area contributed by atoms with Crippen molar-refractivity contribution in [2.24, 2.45) is 0 Å². The lowest BCUT2D eigenvalue weighted by Gasteiger charge is -1.99. The molecule has 0 radical (unpaired) electrons. The van der Waals surface area contributed by atoms with Gasteiger partial charge >= 0.3 is 0 Å². The van der Waals surface area contributed by atoms with Crippen LogP contribution in [0.15, 0.2) is 33.5 Å². The van der Waals surface area contributed by atoms with Gasteiger partial charge in [0.25, 0.3) is 0 Å². The molecule has 2 aromatic heterocycles. The Morgan fingerprint density at radius 1 is 1.28 bits per heavy atom. The van der Waals surface area contributed by atoms with E-state index >= 15 is 0 Å². The summed E-state index contributed by atoms with van der Waals surface area (Å²) in [6, 6.07) is 6.23. The Hall–Kier alpha value is -1.92. The first kappa shape index (κ1) is 11.2. The molecule has 0 spiro atoms. The first-order chi connectivity index (χ1) is 8.63. The predicted molar refractivity (Wildman–Crippen MR) is 70.8 cm³/mol. The van der Waals surface area contributed by atoms with Gasteiger partial charge in [-0.15, -0.1) is 10.2 Å². The van der Waals surface area contributed by atoms with Crippen LogP contribution in [-0.2, 0) is 0 Å². The van der Waals surface area contributed by atoms with Crippen molar-refractivity contribution in [3.63, 3.8) is 0 Å². The molecule has 2 N–H and O–H groups in total. The summed E-state index contributed by atoms with van der Waals surface area (Å²) < 4.78 is 5.59. The predicted octanol–water partition coefficient (Wildman–Crippen LogP) is 2.55. The minimum Gasteiger partial charge on any atom is -0.453 e. The van der Waals surface area contributed by atoms with Crippen molar-refractivity contribution >= 4 is 39.0 Å². The van der Waals surface area contributed by atoms with Crippen molar-refractivity contribution in [3.8, 4) is 10.8 Å². The Morgan fingerprint density at radius 2 is 2.11 bits per heavy atom. The molecule has 0 bridgehead atoms. The van der Waals surface area contributed by atoms with E-state index in [-0.39, 0.29) is 5.43 Å². The summed E-state index contributed by atoms with van der Waals surface area (Å²) in [7, 11) is 0. The van der Waals surface area contributed by atoms with Crippen LogP contribution in [0, 0.1) is 0 Å². The Morgan fingerprint density at radius 3 is 2.83 bits per heavy atom. The molecule has 7 heteroatoms. The maximum Gasteiger partial charge on any atom is 0.203 e. The standard InChI is InChI=1S/C11H6ClN3O2S/c12-5-1-2-8-6(3-5)7(16)4-9(17-8)10-14-15-11(13)18-10/h1-4H,(H2,13,15). The highest BCUT2D eigenvalue weighted by Crippen LogP contribution is 2.26. The van der Waals surface area contributed by atoms with Gasteiger partial charge in [0.05, 0.1) is 5.39 Å². The number of rotatable bonds is 1. The maximum absolute atomic E-state index is 11.9. The summed E-state index contributed by atoms with van der Waals surface area (Å²) in [5.74, 6) is 0.351. The second-order valence-corrected chi connectivity index (χ2v) is 5.01. The molecule has 90 valence electrons. The zero-order chi connectivity index (χ0) is 12.7. The highest BCUT2D eigenvalue weighted by Gasteiger charge is 2.11. The van der Waals surface area contributed by atoms with E-state index in [1.165, 1.54) is 6.07 Å². The largest absolute Gasteiger partial charge is 0.453 e. The number of anilines is 1. The molecule has 0 aliphatic carbocycles. The van der Waals surface area contributed by atoms with Crippen molar-refractivity contribution in [1.82, 2.24) is 10.2 Å². The van der Waals surface area contributed by atoms with Crippen LogP contribution in [0.3, 0.4) is 0 Å². The maximum atomic E-state index is 11.9. The van der Waals surface area contributed by atoms with Gasteiger partial charge in [-0.1, -0.05) is 22.9 Å². The number of nitrogens with two attached hydrogens (primary N) is 1. The average Bonchev–Trinajstić information content (AvgIpc) is 2.77. The lowest BCUT2D eigenvalue weighted by molar-refractivity contribution is 0.617. The van der Waals surface area contributed by atoms with E-state index in [1.54, 1.807) is 18.2 Å². The molecule has 0 amide bonds. The number of fused-ring (bicyclic) bond motifs is 1. The minimum absolute atomic E-state index is 0.178. The monoisotopic (exact) mass is 279 g/mol. The van der Waals surface area contributed by atoms with Gasteiger partial charge < -0.3 is 10.2 Å². The molecular weight excluding hydrogens is 274 g/mol. The molecule has 3 aromatic rings. The molecule has 3 rings (SSSR count). The summed E-state index contributed by atoms with van der Waals surface area (Å²) in [6.07, 6.45) is 0. The van der Waals surface area contributed by atoms with Crippen LogP contribution < -0.4 is 11.2 Å². The van der Waals surface area contributed by atoms with Crippen molar-refractivity contribution < 1.29 is 4.42 Å². The molecule has 18 heavy (non-hydrogen) atoms. The Balaban J connectivity index is 2.28. The topological polar surface area (TPSA) is 82.0 Å². The molecule has 0 aliphatic rings.